The molecule has 4 rings (SSSR count). The Labute approximate surface area is 198 Å². The Balaban J connectivity index is 1.73. The van der Waals surface area contributed by atoms with Gasteiger partial charge in [-0.15, -0.1) is 0 Å². The molecule has 0 spiro atoms. The van der Waals surface area contributed by atoms with Gasteiger partial charge in [0.25, 0.3) is 5.91 Å². The summed E-state index contributed by atoms with van der Waals surface area (Å²) in [5.74, 6) is -0.0802. The van der Waals surface area contributed by atoms with Gasteiger partial charge in [-0.25, -0.2) is 0 Å². The summed E-state index contributed by atoms with van der Waals surface area (Å²) in [5.41, 5.74) is 8.63. The zero-order chi connectivity index (χ0) is 24.4. The molecular weight excluding hydrogens is 430 g/mol. The van der Waals surface area contributed by atoms with Crippen molar-refractivity contribution in [2.45, 2.75) is 32.4 Å². The Morgan fingerprint density at radius 2 is 1.56 bits per heavy atom. The lowest BCUT2D eigenvalue weighted by Crippen LogP contribution is -2.47. The van der Waals surface area contributed by atoms with Crippen LogP contribution in [0, 0.1) is 0 Å². The number of hydrogen-bond acceptors (Lipinski definition) is 4. The maximum absolute atomic E-state index is 13.5. The van der Waals surface area contributed by atoms with Crippen LogP contribution in [0.25, 0.3) is 0 Å². The van der Waals surface area contributed by atoms with Crippen LogP contribution >= 0.6 is 0 Å². The van der Waals surface area contributed by atoms with Gasteiger partial charge in [-0.3, -0.25) is 14.4 Å². The van der Waals surface area contributed by atoms with Gasteiger partial charge < -0.3 is 20.3 Å². The van der Waals surface area contributed by atoms with E-state index in [9.17, 15) is 14.4 Å². The van der Waals surface area contributed by atoms with E-state index in [-0.39, 0.29) is 23.9 Å². The summed E-state index contributed by atoms with van der Waals surface area (Å²) in [5, 5.41) is 0. The van der Waals surface area contributed by atoms with Gasteiger partial charge in [-0.1, -0.05) is 18.2 Å². The number of fused-ring (bicyclic) bond motifs is 1. The number of para-hydroxylation sites is 1. The third kappa shape index (κ3) is 4.24. The third-order valence-corrected chi connectivity index (χ3v) is 6.20. The zero-order valence-corrected chi connectivity index (χ0v) is 19.4. The molecule has 0 aliphatic carbocycles. The molecule has 0 saturated carbocycles. The Morgan fingerprint density at radius 1 is 0.941 bits per heavy atom. The minimum atomic E-state index is -0.523. The van der Waals surface area contributed by atoms with Crippen LogP contribution in [-0.2, 0) is 4.79 Å². The van der Waals surface area contributed by atoms with Crippen molar-refractivity contribution in [1.29, 1.82) is 0 Å². The maximum Gasteiger partial charge on any atom is 0.258 e. The SMILES string of the molecule is COc1ccc(C(=O)N2c3ccccc3[C@H](N(C(C)=O)c3ccc(C(N)=O)cc3)C[C@@H]2C)cc1. The van der Waals surface area contributed by atoms with Crippen molar-refractivity contribution in [3.8, 4) is 5.75 Å². The molecule has 2 atom stereocenters. The molecule has 0 saturated heterocycles. The van der Waals surface area contributed by atoms with Crippen LogP contribution in [0.5, 0.6) is 5.75 Å². The van der Waals surface area contributed by atoms with Crippen LogP contribution in [0.4, 0.5) is 11.4 Å². The number of carbonyl (C=O) groups excluding carboxylic acids is 3. The van der Waals surface area contributed by atoms with Crippen LogP contribution < -0.4 is 20.3 Å². The predicted octanol–water partition coefficient (Wildman–Crippen LogP) is 4.33. The molecule has 1 aliphatic rings. The Morgan fingerprint density at radius 3 is 2.15 bits per heavy atom. The van der Waals surface area contributed by atoms with Crippen molar-refractivity contribution in [3.63, 3.8) is 0 Å². The monoisotopic (exact) mass is 457 g/mol. The van der Waals surface area contributed by atoms with Crippen LogP contribution in [0.15, 0.2) is 72.8 Å². The van der Waals surface area contributed by atoms with Crippen molar-refractivity contribution in [2.24, 2.45) is 5.73 Å². The fraction of sp³-hybridized carbons (Fsp3) is 0.222. The second-order valence-electron chi connectivity index (χ2n) is 8.36. The number of benzene rings is 3. The first-order valence-electron chi connectivity index (χ1n) is 11.1. The minimum Gasteiger partial charge on any atom is -0.497 e. The van der Waals surface area contributed by atoms with E-state index in [1.807, 2.05) is 31.2 Å². The molecule has 0 bridgehead atoms. The smallest absolute Gasteiger partial charge is 0.258 e. The number of nitrogens with two attached hydrogens (primary N) is 1. The number of hydrogen-bond donors (Lipinski definition) is 1. The first kappa shape index (κ1) is 23.0. The highest BCUT2D eigenvalue weighted by Gasteiger charge is 2.38. The van der Waals surface area contributed by atoms with E-state index >= 15 is 0 Å². The van der Waals surface area contributed by atoms with Gasteiger partial charge in [0.15, 0.2) is 0 Å². The van der Waals surface area contributed by atoms with E-state index in [1.54, 1.807) is 65.4 Å². The summed E-state index contributed by atoms with van der Waals surface area (Å²) < 4.78 is 5.21. The van der Waals surface area contributed by atoms with E-state index < -0.39 is 5.91 Å². The van der Waals surface area contributed by atoms with Crippen LogP contribution in [0.3, 0.4) is 0 Å². The largest absolute Gasteiger partial charge is 0.497 e. The van der Waals surface area contributed by atoms with Crippen molar-refractivity contribution >= 4 is 29.1 Å². The summed E-state index contributed by atoms with van der Waals surface area (Å²) in [7, 11) is 1.59. The highest BCUT2D eigenvalue weighted by molar-refractivity contribution is 6.07. The first-order chi connectivity index (χ1) is 16.3. The lowest BCUT2D eigenvalue weighted by molar-refractivity contribution is -0.117. The normalized spacial score (nSPS) is 17.0. The van der Waals surface area contributed by atoms with E-state index in [0.29, 0.717) is 29.0 Å². The molecular formula is C27H27N3O4. The number of methoxy groups -OCH3 is 1. The molecule has 7 heteroatoms. The molecule has 34 heavy (non-hydrogen) atoms. The molecule has 174 valence electrons. The van der Waals surface area contributed by atoms with E-state index in [1.165, 1.54) is 6.92 Å². The van der Waals surface area contributed by atoms with Crippen LogP contribution in [0.2, 0.25) is 0 Å². The van der Waals surface area contributed by atoms with Crippen LogP contribution in [-0.4, -0.2) is 30.9 Å². The lowest BCUT2D eigenvalue weighted by Gasteiger charge is -2.43. The van der Waals surface area contributed by atoms with Gasteiger partial charge in [0.2, 0.25) is 11.8 Å². The molecule has 3 amide bonds. The van der Waals surface area contributed by atoms with Gasteiger partial charge in [0.1, 0.15) is 5.75 Å². The molecule has 0 aromatic heterocycles. The fourth-order valence-electron chi connectivity index (χ4n) is 4.58. The number of carbonyl (C=O) groups is 3. The van der Waals surface area contributed by atoms with E-state index in [0.717, 1.165) is 11.3 Å². The highest BCUT2D eigenvalue weighted by Crippen LogP contribution is 2.42. The number of ether oxygens (including phenoxy) is 1. The second-order valence-corrected chi connectivity index (χ2v) is 8.36. The fourth-order valence-corrected chi connectivity index (χ4v) is 4.58. The molecule has 3 aromatic rings. The summed E-state index contributed by atoms with van der Waals surface area (Å²) in [4.78, 5) is 41.3. The third-order valence-electron chi connectivity index (χ3n) is 6.20. The molecule has 1 aliphatic heterocycles. The molecule has 1 heterocycles. The molecule has 7 nitrogen and oxygen atoms in total. The highest BCUT2D eigenvalue weighted by atomic mass is 16.5. The molecule has 0 unspecified atom stereocenters. The number of amides is 3. The average Bonchev–Trinajstić information content (AvgIpc) is 2.84. The summed E-state index contributed by atoms with van der Waals surface area (Å²) in [6, 6.07) is 21.0. The predicted molar refractivity (Wildman–Crippen MR) is 131 cm³/mol. The van der Waals surface area contributed by atoms with Crippen molar-refractivity contribution in [2.75, 3.05) is 16.9 Å². The topological polar surface area (TPSA) is 92.9 Å². The Bertz CT molecular complexity index is 1220. The summed E-state index contributed by atoms with van der Waals surface area (Å²) in [6.45, 7) is 3.50. The molecule has 2 N–H and O–H groups in total. The number of rotatable bonds is 5. The summed E-state index contributed by atoms with van der Waals surface area (Å²) >= 11 is 0. The molecule has 0 fully saturated rings. The Hall–Kier alpha value is -4.13. The van der Waals surface area contributed by atoms with Crippen molar-refractivity contribution < 1.29 is 19.1 Å². The zero-order valence-electron chi connectivity index (χ0n) is 19.4. The average molecular weight is 458 g/mol. The molecule has 3 aromatic carbocycles. The van der Waals surface area contributed by atoms with Gasteiger partial charge in [-0.05, 0) is 73.5 Å². The minimum absolute atomic E-state index is 0.110. The van der Waals surface area contributed by atoms with E-state index in [4.69, 9.17) is 10.5 Å². The quantitative estimate of drug-likeness (QED) is 0.617. The second kappa shape index (κ2) is 9.39. The summed E-state index contributed by atoms with van der Waals surface area (Å²) in [6.07, 6.45) is 0.552. The van der Waals surface area contributed by atoms with Gasteiger partial charge in [-0.2, -0.15) is 0 Å². The number of anilines is 2. The first-order valence-corrected chi connectivity index (χ1v) is 11.1. The van der Waals surface area contributed by atoms with Gasteiger partial charge in [0, 0.05) is 35.5 Å². The maximum atomic E-state index is 13.5. The van der Waals surface area contributed by atoms with Crippen LogP contribution in [0.1, 0.15) is 52.6 Å². The molecule has 0 radical (unpaired) electrons. The van der Waals surface area contributed by atoms with Gasteiger partial charge in [0.05, 0.1) is 13.2 Å². The van der Waals surface area contributed by atoms with Gasteiger partial charge >= 0.3 is 0 Å². The Kier molecular flexibility index (Phi) is 6.36. The standard InChI is InChI=1S/C27H27N3O4/c1-17-16-25(30(18(2)31)21-12-8-19(9-13-21)26(28)32)23-6-4-5-7-24(23)29(17)27(33)20-10-14-22(34-3)15-11-20/h4-15,17,25H,16H2,1-3H3,(H2,28,32)/t17-,25+/m0/s1. The lowest BCUT2D eigenvalue weighted by atomic mass is 9.89. The van der Waals surface area contributed by atoms with Crippen molar-refractivity contribution in [1.82, 2.24) is 0 Å². The van der Waals surface area contributed by atoms with E-state index in [2.05, 4.69) is 0 Å². The number of nitrogens with zero attached hydrogens (tertiary/aromatic N) is 2. The number of primary amides is 1. The van der Waals surface area contributed by atoms with Crippen molar-refractivity contribution in [3.05, 3.63) is 89.5 Å².